The van der Waals surface area contributed by atoms with Gasteiger partial charge in [0.15, 0.2) is 0 Å². The average molecular weight is 288 g/mol. The van der Waals surface area contributed by atoms with E-state index in [4.69, 9.17) is 0 Å². The van der Waals surface area contributed by atoms with E-state index >= 15 is 0 Å². The van der Waals surface area contributed by atoms with Crippen LogP contribution in [-0.4, -0.2) is 39.8 Å². The molecule has 0 bridgehead atoms. The zero-order chi connectivity index (χ0) is 14.7. The molecule has 0 aliphatic carbocycles. The summed E-state index contributed by atoms with van der Waals surface area (Å²) in [5.74, 6) is 1.39. The molecule has 21 heavy (non-hydrogen) atoms. The topological polar surface area (TPSA) is 34.0 Å². The molecule has 2 aromatic rings. The van der Waals surface area contributed by atoms with Gasteiger partial charge in [0.05, 0.1) is 5.69 Å². The van der Waals surface area contributed by atoms with Crippen molar-refractivity contribution in [3.8, 4) is 5.69 Å². The maximum Gasteiger partial charge on any atom is 0.138 e. The molecule has 0 spiro atoms. The van der Waals surface area contributed by atoms with Crippen LogP contribution >= 0.6 is 0 Å². The Kier molecular flexibility index (Phi) is 4.29. The Morgan fingerprint density at radius 2 is 2.29 bits per heavy atom. The largest absolute Gasteiger partial charge is 0.306 e. The van der Waals surface area contributed by atoms with E-state index in [0.29, 0.717) is 0 Å². The Bertz CT molecular complexity index is 595. The maximum atomic E-state index is 13.3. The lowest BCUT2D eigenvalue weighted by Gasteiger charge is -2.29. The van der Waals surface area contributed by atoms with Crippen LogP contribution in [0.5, 0.6) is 0 Å². The third kappa shape index (κ3) is 3.47. The fourth-order valence-corrected chi connectivity index (χ4v) is 3.10. The van der Waals surface area contributed by atoms with Gasteiger partial charge in [-0.3, -0.25) is 0 Å². The molecule has 3 rings (SSSR count). The molecule has 1 aliphatic rings. The van der Waals surface area contributed by atoms with Crippen molar-refractivity contribution in [3.63, 3.8) is 0 Å². The average Bonchev–Trinajstić information content (AvgIpc) is 2.94. The number of benzene rings is 1. The summed E-state index contributed by atoms with van der Waals surface area (Å²) in [6, 6.07) is 6.49. The summed E-state index contributed by atoms with van der Waals surface area (Å²) >= 11 is 0. The van der Waals surface area contributed by atoms with Crippen LogP contribution in [0.2, 0.25) is 0 Å². The van der Waals surface area contributed by atoms with Crippen molar-refractivity contribution in [2.75, 3.05) is 20.1 Å². The number of nitrogens with zero attached hydrogens (tertiary/aromatic N) is 4. The molecule has 1 saturated heterocycles. The van der Waals surface area contributed by atoms with E-state index in [0.717, 1.165) is 36.8 Å². The fourth-order valence-electron chi connectivity index (χ4n) is 3.10. The van der Waals surface area contributed by atoms with Crippen molar-refractivity contribution in [2.45, 2.75) is 25.7 Å². The molecule has 1 aliphatic heterocycles. The minimum atomic E-state index is -0.247. The normalized spacial score (nSPS) is 19.8. The molecule has 1 unspecified atom stereocenters. The van der Waals surface area contributed by atoms with Crippen molar-refractivity contribution in [2.24, 2.45) is 5.92 Å². The van der Waals surface area contributed by atoms with Crippen LogP contribution in [0.15, 0.2) is 30.6 Å². The SMILES string of the molecule is CN1CCCC(CCc2ncnn2-c2cccc(F)c2)C1. The minimum Gasteiger partial charge on any atom is -0.306 e. The van der Waals surface area contributed by atoms with E-state index in [1.165, 1.54) is 31.5 Å². The second kappa shape index (κ2) is 6.35. The molecule has 0 radical (unpaired) electrons. The number of aromatic nitrogens is 3. The summed E-state index contributed by atoms with van der Waals surface area (Å²) in [5.41, 5.74) is 0.739. The van der Waals surface area contributed by atoms with Gasteiger partial charge in [-0.15, -0.1) is 0 Å². The molecule has 4 nitrogen and oxygen atoms in total. The van der Waals surface area contributed by atoms with Gasteiger partial charge in [0.25, 0.3) is 0 Å². The Labute approximate surface area is 124 Å². The third-order valence-electron chi connectivity index (χ3n) is 4.17. The predicted molar refractivity (Wildman–Crippen MR) is 79.9 cm³/mol. The zero-order valence-corrected chi connectivity index (χ0v) is 12.4. The van der Waals surface area contributed by atoms with Gasteiger partial charge in [0, 0.05) is 13.0 Å². The lowest BCUT2D eigenvalue weighted by atomic mass is 9.93. The Morgan fingerprint density at radius 1 is 1.38 bits per heavy atom. The number of rotatable bonds is 4. The lowest BCUT2D eigenvalue weighted by Crippen LogP contribution is -2.32. The van der Waals surface area contributed by atoms with Crippen LogP contribution in [0.25, 0.3) is 5.69 Å². The van der Waals surface area contributed by atoms with Crippen molar-refractivity contribution in [1.29, 1.82) is 0 Å². The first-order valence-corrected chi connectivity index (χ1v) is 7.56. The summed E-state index contributed by atoms with van der Waals surface area (Å²) in [7, 11) is 2.18. The van der Waals surface area contributed by atoms with Gasteiger partial charge in [-0.2, -0.15) is 5.10 Å². The van der Waals surface area contributed by atoms with Crippen LogP contribution in [0.4, 0.5) is 4.39 Å². The quantitative estimate of drug-likeness (QED) is 0.867. The second-order valence-corrected chi connectivity index (χ2v) is 5.88. The molecule has 0 N–H and O–H groups in total. The molecule has 1 aromatic heterocycles. The minimum absolute atomic E-state index is 0.247. The molecular weight excluding hydrogens is 267 g/mol. The standard InChI is InChI=1S/C16H21FN4/c1-20-9-3-4-13(11-20)7-8-16-18-12-19-21(16)15-6-2-5-14(17)10-15/h2,5-6,10,12-13H,3-4,7-9,11H2,1H3. The number of piperidine rings is 1. The van der Waals surface area contributed by atoms with Crippen LogP contribution in [0, 0.1) is 11.7 Å². The highest BCUT2D eigenvalue weighted by Crippen LogP contribution is 2.21. The van der Waals surface area contributed by atoms with Gasteiger partial charge in [-0.1, -0.05) is 6.07 Å². The fraction of sp³-hybridized carbons (Fsp3) is 0.500. The molecule has 112 valence electrons. The number of hydrogen-bond donors (Lipinski definition) is 0. The van der Waals surface area contributed by atoms with E-state index in [-0.39, 0.29) is 5.82 Å². The Morgan fingerprint density at radius 3 is 3.10 bits per heavy atom. The van der Waals surface area contributed by atoms with Crippen LogP contribution in [0.3, 0.4) is 0 Å². The Balaban J connectivity index is 1.68. The first-order chi connectivity index (χ1) is 10.2. The maximum absolute atomic E-state index is 13.3. The first kappa shape index (κ1) is 14.2. The summed E-state index contributed by atoms with van der Waals surface area (Å²) in [6.45, 7) is 2.37. The second-order valence-electron chi connectivity index (χ2n) is 5.88. The van der Waals surface area contributed by atoms with Gasteiger partial charge < -0.3 is 4.90 Å². The van der Waals surface area contributed by atoms with Crippen molar-refractivity contribution in [3.05, 3.63) is 42.2 Å². The van der Waals surface area contributed by atoms with Crippen molar-refractivity contribution >= 4 is 0 Å². The van der Waals surface area contributed by atoms with Gasteiger partial charge in [-0.25, -0.2) is 14.1 Å². The van der Waals surface area contributed by atoms with Gasteiger partial charge >= 0.3 is 0 Å². The highest BCUT2D eigenvalue weighted by atomic mass is 19.1. The predicted octanol–water partition coefficient (Wildman–Crippen LogP) is 2.68. The van der Waals surface area contributed by atoms with Crippen LogP contribution < -0.4 is 0 Å². The first-order valence-electron chi connectivity index (χ1n) is 7.56. The van der Waals surface area contributed by atoms with Crippen LogP contribution in [0.1, 0.15) is 25.1 Å². The third-order valence-corrected chi connectivity index (χ3v) is 4.17. The molecule has 0 saturated carbocycles. The summed E-state index contributed by atoms with van der Waals surface area (Å²) in [4.78, 5) is 6.74. The van der Waals surface area contributed by atoms with Gasteiger partial charge in [0.1, 0.15) is 18.0 Å². The van der Waals surface area contributed by atoms with E-state index in [1.807, 2.05) is 6.07 Å². The molecule has 1 atom stereocenters. The molecule has 1 aromatic carbocycles. The molecule has 1 fully saturated rings. The van der Waals surface area contributed by atoms with Gasteiger partial charge in [-0.05, 0) is 57.0 Å². The van der Waals surface area contributed by atoms with E-state index in [9.17, 15) is 4.39 Å². The number of likely N-dealkylation sites (tertiary alicyclic amines) is 1. The smallest absolute Gasteiger partial charge is 0.138 e. The van der Waals surface area contributed by atoms with Crippen molar-refractivity contribution in [1.82, 2.24) is 19.7 Å². The number of hydrogen-bond acceptors (Lipinski definition) is 3. The summed E-state index contributed by atoms with van der Waals surface area (Å²) < 4.78 is 15.1. The molecule has 0 amide bonds. The van der Waals surface area contributed by atoms with Crippen molar-refractivity contribution < 1.29 is 4.39 Å². The molecular formula is C16H21FN4. The highest BCUT2D eigenvalue weighted by molar-refractivity contribution is 5.31. The highest BCUT2D eigenvalue weighted by Gasteiger charge is 2.18. The van der Waals surface area contributed by atoms with E-state index in [1.54, 1.807) is 17.1 Å². The number of aryl methyl sites for hydroxylation is 1. The molecule has 5 heteroatoms. The zero-order valence-electron chi connectivity index (χ0n) is 12.4. The summed E-state index contributed by atoms with van der Waals surface area (Å²) in [6.07, 6.45) is 6.11. The number of halogens is 1. The Hall–Kier alpha value is -1.75. The van der Waals surface area contributed by atoms with Gasteiger partial charge in [0.2, 0.25) is 0 Å². The summed E-state index contributed by atoms with van der Waals surface area (Å²) in [5, 5.41) is 4.23. The van der Waals surface area contributed by atoms with E-state index in [2.05, 4.69) is 22.0 Å². The molecule has 2 heterocycles. The van der Waals surface area contributed by atoms with Crippen LogP contribution in [-0.2, 0) is 6.42 Å². The van der Waals surface area contributed by atoms with E-state index < -0.39 is 0 Å². The monoisotopic (exact) mass is 288 g/mol. The lowest BCUT2D eigenvalue weighted by molar-refractivity contribution is 0.201.